The van der Waals surface area contributed by atoms with E-state index in [0.29, 0.717) is 12.8 Å². The van der Waals surface area contributed by atoms with E-state index >= 15 is 0 Å². The number of halogens is 6. The molecule has 1 nitrogen and oxygen atoms in total. The van der Waals surface area contributed by atoms with Crippen LogP contribution in [0.25, 0.3) is 0 Å². The van der Waals surface area contributed by atoms with Gasteiger partial charge in [-0.05, 0) is 66.6 Å². The first-order valence-electron chi connectivity index (χ1n) is 8.52. The Labute approximate surface area is 137 Å². The molecule has 5 unspecified atom stereocenters. The van der Waals surface area contributed by atoms with Crippen LogP contribution in [0.4, 0.5) is 26.3 Å². The highest BCUT2D eigenvalue weighted by Crippen LogP contribution is 2.79. The van der Waals surface area contributed by atoms with E-state index in [1.165, 1.54) is 0 Å². The van der Waals surface area contributed by atoms with Crippen molar-refractivity contribution >= 4 is 0 Å². The number of hydrogen-bond donors (Lipinski definition) is 1. The summed E-state index contributed by atoms with van der Waals surface area (Å²) in [4.78, 5) is 0. The van der Waals surface area contributed by atoms with Crippen LogP contribution in [0.2, 0.25) is 0 Å². The first-order chi connectivity index (χ1) is 10.7. The second-order valence-electron chi connectivity index (χ2n) is 8.97. The number of hydrogen-bond acceptors (Lipinski definition) is 1. The number of rotatable bonds is 2. The minimum atomic E-state index is -5.71. The van der Waals surface area contributed by atoms with Crippen LogP contribution >= 0.6 is 0 Å². The van der Waals surface area contributed by atoms with Crippen LogP contribution in [-0.2, 0) is 0 Å². The van der Waals surface area contributed by atoms with Gasteiger partial charge in [0.1, 0.15) is 0 Å². The summed E-state index contributed by atoms with van der Waals surface area (Å²) < 4.78 is 78.6. The van der Waals surface area contributed by atoms with E-state index in [1.54, 1.807) is 0 Å². The predicted molar refractivity (Wildman–Crippen MR) is 76.0 cm³/mol. The lowest BCUT2D eigenvalue weighted by atomic mass is 9.73. The van der Waals surface area contributed by atoms with E-state index in [4.69, 9.17) is 0 Å². The fourth-order valence-corrected chi connectivity index (χ4v) is 6.34. The lowest BCUT2D eigenvalue weighted by Gasteiger charge is -2.37. The van der Waals surface area contributed by atoms with Gasteiger partial charge < -0.3 is 5.11 Å². The molecule has 3 aliphatic carbocycles. The summed E-state index contributed by atoms with van der Waals surface area (Å²) in [5.74, 6) is -0.285. The number of alkyl halides is 6. The van der Waals surface area contributed by atoms with E-state index in [1.807, 2.05) is 6.92 Å². The van der Waals surface area contributed by atoms with Crippen LogP contribution in [0.15, 0.2) is 0 Å². The normalized spacial score (nSPS) is 41.8. The predicted octanol–water partition coefficient (Wildman–Crippen LogP) is 5.33. The van der Waals surface area contributed by atoms with Crippen molar-refractivity contribution in [2.24, 2.45) is 34.5 Å². The van der Waals surface area contributed by atoms with Crippen molar-refractivity contribution in [3.05, 3.63) is 0 Å². The Balaban J connectivity index is 1.94. The molecule has 0 aliphatic heterocycles. The molecule has 0 saturated heterocycles. The Kier molecular flexibility index (Phi) is 3.69. The Morgan fingerprint density at radius 3 is 2.08 bits per heavy atom. The minimum absolute atomic E-state index is 0.0680. The van der Waals surface area contributed by atoms with Gasteiger partial charge >= 0.3 is 12.4 Å². The molecule has 0 heterocycles. The largest absolute Gasteiger partial charge is 0.426 e. The molecule has 0 aromatic carbocycles. The molecular formula is C17H24F6O. The standard InChI is InChI=1S/C17H24F6O/c1-9-12-13(2,3)5-4-10-6-11(14(9,12)7-10)8-15(24,16(18,19)20)17(21,22)23/h9-12,24H,4-8H2,1-3H3. The summed E-state index contributed by atoms with van der Waals surface area (Å²) >= 11 is 0. The van der Waals surface area contributed by atoms with Crippen LogP contribution in [0, 0.1) is 34.5 Å². The molecule has 0 radical (unpaired) electrons. The maximum Gasteiger partial charge on any atom is 0.426 e. The summed E-state index contributed by atoms with van der Waals surface area (Å²) in [6.07, 6.45) is -9.79. The monoisotopic (exact) mass is 358 g/mol. The van der Waals surface area contributed by atoms with Crippen molar-refractivity contribution in [2.45, 2.75) is 70.8 Å². The second kappa shape index (κ2) is 4.83. The third-order valence-corrected chi connectivity index (χ3v) is 7.36. The molecule has 140 valence electrons. The van der Waals surface area contributed by atoms with Crippen LogP contribution in [-0.4, -0.2) is 23.1 Å². The molecule has 3 aliphatic rings. The molecule has 0 amide bonds. The maximum atomic E-state index is 13.1. The van der Waals surface area contributed by atoms with Gasteiger partial charge in [0.05, 0.1) is 0 Å². The zero-order valence-corrected chi connectivity index (χ0v) is 14.1. The average Bonchev–Trinajstić information content (AvgIpc) is 2.84. The Morgan fingerprint density at radius 2 is 1.58 bits per heavy atom. The molecule has 3 fully saturated rings. The first-order valence-corrected chi connectivity index (χ1v) is 8.52. The Hall–Kier alpha value is -0.460. The lowest BCUT2D eigenvalue weighted by molar-refractivity contribution is -0.373. The minimum Gasteiger partial charge on any atom is -0.374 e. The quantitative estimate of drug-likeness (QED) is 0.662. The van der Waals surface area contributed by atoms with E-state index in [0.717, 1.165) is 12.8 Å². The SMILES string of the molecule is CC1C2C(C)(C)CCC3CC(CC(O)(C(F)(F)F)C(F)(F)F)C12C3. The summed E-state index contributed by atoms with van der Waals surface area (Å²) in [6.45, 7) is 6.09. The zero-order valence-electron chi connectivity index (χ0n) is 14.1. The average molecular weight is 358 g/mol. The van der Waals surface area contributed by atoms with Gasteiger partial charge in [-0.2, -0.15) is 26.3 Å². The summed E-state index contributed by atoms with van der Waals surface area (Å²) in [7, 11) is 0. The molecular weight excluding hydrogens is 334 g/mol. The van der Waals surface area contributed by atoms with Crippen molar-refractivity contribution < 1.29 is 31.4 Å². The smallest absolute Gasteiger partial charge is 0.374 e. The van der Waals surface area contributed by atoms with E-state index < -0.39 is 35.7 Å². The molecule has 24 heavy (non-hydrogen) atoms. The summed E-state index contributed by atoms with van der Waals surface area (Å²) in [5, 5.41) is 9.63. The fraction of sp³-hybridized carbons (Fsp3) is 1.00. The van der Waals surface area contributed by atoms with E-state index in [-0.39, 0.29) is 23.2 Å². The first kappa shape index (κ1) is 18.3. The van der Waals surface area contributed by atoms with Crippen molar-refractivity contribution in [1.82, 2.24) is 0 Å². The van der Waals surface area contributed by atoms with Gasteiger partial charge in [-0.25, -0.2) is 0 Å². The van der Waals surface area contributed by atoms with Gasteiger partial charge in [0, 0.05) is 0 Å². The van der Waals surface area contributed by atoms with Crippen molar-refractivity contribution in [3.63, 3.8) is 0 Å². The molecule has 3 rings (SSSR count). The molecule has 3 saturated carbocycles. The van der Waals surface area contributed by atoms with Crippen molar-refractivity contribution in [3.8, 4) is 0 Å². The number of fused-ring (bicyclic) bond motifs is 1. The van der Waals surface area contributed by atoms with Crippen molar-refractivity contribution in [2.75, 3.05) is 0 Å². The van der Waals surface area contributed by atoms with Crippen LogP contribution < -0.4 is 0 Å². The van der Waals surface area contributed by atoms with Crippen LogP contribution in [0.3, 0.4) is 0 Å². The highest BCUT2D eigenvalue weighted by molar-refractivity contribution is 5.22. The highest BCUT2D eigenvalue weighted by Gasteiger charge is 2.77. The maximum absolute atomic E-state index is 13.1. The van der Waals surface area contributed by atoms with Gasteiger partial charge in [0.15, 0.2) is 0 Å². The Morgan fingerprint density at radius 1 is 1.04 bits per heavy atom. The third kappa shape index (κ3) is 2.25. The fourth-order valence-electron chi connectivity index (χ4n) is 6.34. The molecule has 0 aromatic heterocycles. The lowest BCUT2D eigenvalue weighted by Crippen LogP contribution is -2.58. The van der Waals surface area contributed by atoms with E-state index in [9.17, 15) is 31.4 Å². The van der Waals surface area contributed by atoms with Crippen molar-refractivity contribution in [1.29, 1.82) is 0 Å². The van der Waals surface area contributed by atoms with Gasteiger partial charge in [-0.15, -0.1) is 0 Å². The third-order valence-electron chi connectivity index (χ3n) is 7.36. The van der Waals surface area contributed by atoms with Crippen LogP contribution in [0.5, 0.6) is 0 Å². The van der Waals surface area contributed by atoms with Gasteiger partial charge in [-0.3, -0.25) is 0 Å². The highest BCUT2D eigenvalue weighted by atomic mass is 19.4. The van der Waals surface area contributed by atoms with Gasteiger partial charge in [0.2, 0.25) is 0 Å². The molecule has 2 bridgehead atoms. The number of aliphatic hydroxyl groups is 1. The molecule has 0 aromatic rings. The summed E-state index contributed by atoms with van der Waals surface area (Å²) in [5.41, 5.74) is -5.14. The van der Waals surface area contributed by atoms with E-state index in [2.05, 4.69) is 13.8 Å². The van der Waals surface area contributed by atoms with Crippen LogP contribution in [0.1, 0.15) is 52.9 Å². The summed E-state index contributed by atoms with van der Waals surface area (Å²) in [6, 6.07) is 0. The molecule has 5 atom stereocenters. The molecule has 1 spiro atoms. The molecule has 1 N–H and O–H groups in total. The van der Waals surface area contributed by atoms with Gasteiger partial charge in [0.25, 0.3) is 5.60 Å². The second-order valence-corrected chi connectivity index (χ2v) is 8.97. The topological polar surface area (TPSA) is 20.2 Å². The van der Waals surface area contributed by atoms with Gasteiger partial charge in [-0.1, -0.05) is 20.8 Å². The molecule has 7 heteroatoms. The Bertz CT molecular complexity index is 508. The zero-order chi connectivity index (χ0) is 18.3.